The average Bonchev–Trinajstić information content (AvgIpc) is 2.01. The number of ether oxygens (including phenoxy) is 1. The van der Waals surface area contributed by atoms with Crippen molar-refractivity contribution in [2.24, 2.45) is 0 Å². The van der Waals surface area contributed by atoms with Gasteiger partial charge in [0.15, 0.2) is 0 Å². The minimum absolute atomic E-state index is 0.367. The van der Waals surface area contributed by atoms with E-state index < -0.39 is 5.60 Å². The molecule has 0 fully saturated rings. The molecule has 0 spiro atoms. The Morgan fingerprint density at radius 2 is 1.93 bits per heavy atom. The highest BCUT2D eigenvalue weighted by Crippen LogP contribution is 2.07. The molecule has 1 amide bonds. The van der Waals surface area contributed by atoms with Crippen molar-refractivity contribution in [2.75, 3.05) is 27.2 Å². The summed E-state index contributed by atoms with van der Waals surface area (Å²) in [7, 11) is 3.50. The van der Waals surface area contributed by atoms with Gasteiger partial charge in [0.1, 0.15) is 5.60 Å². The van der Waals surface area contributed by atoms with E-state index in [1.807, 2.05) is 27.8 Å². The predicted octanol–water partition coefficient (Wildman–Crippen LogP) is 0.577. The molecule has 0 unspecified atom stereocenters. The highest BCUT2D eigenvalue weighted by molar-refractivity contribution is 5.67. The van der Waals surface area contributed by atoms with Crippen LogP contribution in [-0.2, 0) is 4.74 Å². The van der Waals surface area contributed by atoms with Gasteiger partial charge in [-0.1, -0.05) is 0 Å². The second-order valence-corrected chi connectivity index (χ2v) is 4.05. The van der Waals surface area contributed by atoms with Crippen molar-refractivity contribution in [1.29, 1.82) is 0 Å². The minimum atomic E-state index is -0.448. The largest absolute Gasteiger partial charge is 0.443 e. The van der Waals surface area contributed by atoms with Crippen molar-refractivity contribution < 1.29 is 9.53 Å². The molecule has 0 aliphatic rings. The Kier molecular flexibility index (Phi) is 5.49. The summed E-state index contributed by atoms with van der Waals surface area (Å²) in [6, 6.07) is 0. The summed E-state index contributed by atoms with van der Waals surface area (Å²) < 4.78 is 5.13. The molecule has 5 heteroatoms. The van der Waals surface area contributed by atoms with E-state index in [4.69, 9.17) is 4.74 Å². The van der Waals surface area contributed by atoms with Gasteiger partial charge in [-0.05, 0) is 27.8 Å². The van der Waals surface area contributed by atoms with Gasteiger partial charge >= 0.3 is 6.09 Å². The molecular weight excluding hydrogens is 182 g/mol. The SMILES string of the molecule is CNCCNN(C)C(=O)OC(C)(C)C. The number of hydrogen-bond donors (Lipinski definition) is 2. The number of hydrazine groups is 1. The summed E-state index contributed by atoms with van der Waals surface area (Å²) in [4.78, 5) is 11.4. The van der Waals surface area contributed by atoms with Gasteiger partial charge in [-0.25, -0.2) is 15.2 Å². The van der Waals surface area contributed by atoms with Crippen LogP contribution in [0.25, 0.3) is 0 Å². The lowest BCUT2D eigenvalue weighted by molar-refractivity contribution is 0.0204. The number of carbonyl (C=O) groups excluding carboxylic acids is 1. The van der Waals surface area contributed by atoms with Crippen LogP contribution in [0.5, 0.6) is 0 Å². The van der Waals surface area contributed by atoms with Gasteiger partial charge in [0.2, 0.25) is 0 Å². The van der Waals surface area contributed by atoms with Gasteiger partial charge in [-0.15, -0.1) is 0 Å². The average molecular weight is 203 g/mol. The van der Waals surface area contributed by atoms with Crippen LogP contribution in [0.1, 0.15) is 20.8 Å². The lowest BCUT2D eigenvalue weighted by Crippen LogP contribution is -2.44. The minimum Gasteiger partial charge on any atom is -0.443 e. The zero-order chi connectivity index (χ0) is 11.2. The maximum Gasteiger partial charge on any atom is 0.424 e. The normalized spacial score (nSPS) is 11.2. The zero-order valence-corrected chi connectivity index (χ0v) is 9.68. The van der Waals surface area contributed by atoms with Gasteiger partial charge in [-0.2, -0.15) is 0 Å². The van der Waals surface area contributed by atoms with Crippen molar-refractivity contribution >= 4 is 6.09 Å². The van der Waals surface area contributed by atoms with Crippen LogP contribution in [0.3, 0.4) is 0 Å². The number of nitrogens with zero attached hydrogens (tertiary/aromatic N) is 1. The second kappa shape index (κ2) is 5.82. The zero-order valence-electron chi connectivity index (χ0n) is 9.68. The Hall–Kier alpha value is -0.810. The number of carbonyl (C=O) groups is 1. The Bertz CT molecular complexity index is 177. The molecule has 0 bridgehead atoms. The van der Waals surface area contributed by atoms with Crippen molar-refractivity contribution in [2.45, 2.75) is 26.4 Å². The van der Waals surface area contributed by atoms with Gasteiger partial charge in [0.25, 0.3) is 0 Å². The first-order valence-electron chi connectivity index (χ1n) is 4.71. The van der Waals surface area contributed by atoms with Gasteiger partial charge < -0.3 is 10.1 Å². The lowest BCUT2D eigenvalue weighted by atomic mass is 10.2. The number of amides is 1. The van der Waals surface area contributed by atoms with Gasteiger partial charge in [-0.3, -0.25) is 0 Å². The predicted molar refractivity (Wildman–Crippen MR) is 55.9 cm³/mol. The van der Waals surface area contributed by atoms with E-state index >= 15 is 0 Å². The smallest absolute Gasteiger partial charge is 0.424 e. The molecule has 0 aromatic carbocycles. The van der Waals surface area contributed by atoms with E-state index in [0.717, 1.165) is 6.54 Å². The van der Waals surface area contributed by atoms with Crippen LogP contribution in [-0.4, -0.2) is 43.9 Å². The van der Waals surface area contributed by atoms with Crippen LogP contribution in [0.2, 0.25) is 0 Å². The number of likely N-dealkylation sites (N-methyl/N-ethyl adjacent to an activating group) is 1. The Balaban J connectivity index is 3.77. The Morgan fingerprint density at radius 1 is 1.36 bits per heavy atom. The van der Waals surface area contributed by atoms with Crippen LogP contribution in [0, 0.1) is 0 Å². The molecule has 0 rings (SSSR count). The molecule has 0 radical (unpaired) electrons. The molecule has 0 aliphatic heterocycles. The van der Waals surface area contributed by atoms with Crippen molar-refractivity contribution in [3.63, 3.8) is 0 Å². The summed E-state index contributed by atoms with van der Waals surface area (Å²) in [5.41, 5.74) is 2.45. The highest BCUT2D eigenvalue weighted by atomic mass is 16.6. The first-order chi connectivity index (χ1) is 6.37. The summed E-state index contributed by atoms with van der Waals surface area (Å²) in [5.74, 6) is 0. The molecule has 0 atom stereocenters. The van der Waals surface area contributed by atoms with E-state index in [2.05, 4.69) is 10.7 Å². The monoisotopic (exact) mass is 203 g/mol. The maximum atomic E-state index is 11.4. The molecule has 14 heavy (non-hydrogen) atoms. The highest BCUT2D eigenvalue weighted by Gasteiger charge is 2.18. The molecule has 5 nitrogen and oxygen atoms in total. The topological polar surface area (TPSA) is 53.6 Å². The Morgan fingerprint density at radius 3 is 2.36 bits per heavy atom. The molecule has 2 N–H and O–H groups in total. The fourth-order valence-corrected chi connectivity index (χ4v) is 0.744. The quantitative estimate of drug-likeness (QED) is 0.518. The molecule has 0 saturated carbocycles. The van der Waals surface area contributed by atoms with E-state index in [-0.39, 0.29) is 6.09 Å². The third-order valence-electron chi connectivity index (χ3n) is 1.39. The number of nitrogens with one attached hydrogen (secondary N) is 2. The summed E-state index contributed by atoms with van der Waals surface area (Å²) >= 11 is 0. The third-order valence-corrected chi connectivity index (χ3v) is 1.39. The molecule has 0 aromatic rings. The fraction of sp³-hybridized carbons (Fsp3) is 0.889. The van der Waals surface area contributed by atoms with Crippen molar-refractivity contribution in [3.05, 3.63) is 0 Å². The molecule has 0 aliphatic carbocycles. The van der Waals surface area contributed by atoms with Crippen molar-refractivity contribution in [3.8, 4) is 0 Å². The Labute approximate surface area is 85.8 Å². The molecule has 0 saturated heterocycles. The summed E-state index contributed by atoms with van der Waals surface area (Å²) in [6.07, 6.45) is -0.367. The fourth-order valence-electron chi connectivity index (χ4n) is 0.744. The summed E-state index contributed by atoms with van der Waals surface area (Å²) in [6.45, 7) is 7.00. The van der Waals surface area contributed by atoms with Gasteiger partial charge in [0.05, 0.1) is 0 Å². The molecular formula is C9H21N3O2. The van der Waals surface area contributed by atoms with E-state index in [1.54, 1.807) is 7.05 Å². The summed E-state index contributed by atoms with van der Waals surface area (Å²) in [5, 5.41) is 4.32. The van der Waals surface area contributed by atoms with Gasteiger partial charge in [0, 0.05) is 20.1 Å². The van der Waals surface area contributed by atoms with Crippen molar-refractivity contribution in [1.82, 2.24) is 15.8 Å². The first kappa shape index (κ1) is 13.2. The van der Waals surface area contributed by atoms with E-state index in [0.29, 0.717) is 6.54 Å². The molecule has 84 valence electrons. The second-order valence-electron chi connectivity index (χ2n) is 4.05. The van der Waals surface area contributed by atoms with Crippen LogP contribution in [0.4, 0.5) is 4.79 Å². The molecule has 0 heterocycles. The number of rotatable bonds is 4. The van der Waals surface area contributed by atoms with Crippen LogP contribution < -0.4 is 10.7 Å². The molecule has 0 aromatic heterocycles. The van der Waals surface area contributed by atoms with E-state index in [1.165, 1.54) is 5.01 Å². The third kappa shape index (κ3) is 6.68. The van der Waals surface area contributed by atoms with E-state index in [9.17, 15) is 4.79 Å². The lowest BCUT2D eigenvalue weighted by Gasteiger charge is -2.24. The van der Waals surface area contributed by atoms with Crippen LogP contribution >= 0.6 is 0 Å². The first-order valence-corrected chi connectivity index (χ1v) is 4.71. The van der Waals surface area contributed by atoms with Crippen LogP contribution in [0.15, 0.2) is 0 Å². The maximum absolute atomic E-state index is 11.4. The number of hydrogen-bond acceptors (Lipinski definition) is 4. The standard InChI is InChI=1S/C9H21N3O2/c1-9(2,3)14-8(13)12(5)11-7-6-10-4/h10-11H,6-7H2,1-5H3.